The molecule has 0 spiro atoms. The standard InChI is InChI=1S/C34H40N2O5S/c1-34(2,21-27-12-18-28-6-4-5-7-31(28)20-27)35-22-32(37)23-36(3)42(40,41)24-26-10-16-30(17-11-26)29-14-8-25(9-15-29)13-19-33(38)39/h4-12,14-18,20,32,35,37H,13,19,21-24H2,1-3H3,(H,38,39). The number of sulfonamides is 1. The van der Waals surface area contributed by atoms with Crippen molar-refractivity contribution in [2.24, 2.45) is 0 Å². The molecular weight excluding hydrogens is 548 g/mol. The van der Waals surface area contributed by atoms with Gasteiger partial charge >= 0.3 is 5.97 Å². The van der Waals surface area contributed by atoms with Gasteiger partial charge in [0.2, 0.25) is 10.0 Å². The van der Waals surface area contributed by atoms with E-state index in [-0.39, 0.29) is 30.8 Å². The molecule has 0 amide bonds. The Balaban J connectivity index is 1.27. The number of carboxylic acids is 1. The molecule has 1 atom stereocenters. The fourth-order valence-electron chi connectivity index (χ4n) is 5.02. The third-order valence-corrected chi connectivity index (χ3v) is 9.23. The number of fused-ring (bicyclic) bond motifs is 1. The number of carbonyl (C=O) groups is 1. The van der Waals surface area contributed by atoms with Gasteiger partial charge in [0.1, 0.15) is 0 Å². The lowest BCUT2D eigenvalue weighted by atomic mass is 9.93. The van der Waals surface area contributed by atoms with Crippen LogP contribution < -0.4 is 5.32 Å². The van der Waals surface area contributed by atoms with Crippen LogP contribution in [-0.2, 0) is 33.4 Å². The van der Waals surface area contributed by atoms with Crippen LogP contribution in [0.3, 0.4) is 0 Å². The highest BCUT2D eigenvalue weighted by atomic mass is 32.2. The average molecular weight is 589 g/mol. The van der Waals surface area contributed by atoms with E-state index in [1.54, 1.807) is 12.1 Å². The van der Waals surface area contributed by atoms with E-state index in [4.69, 9.17) is 5.11 Å². The van der Waals surface area contributed by atoms with Crippen LogP contribution >= 0.6 is 0 Å². The molecule has 7 nitrogen and oxygen atoms in total. The summed E-state index contributed by atoms with van der Waals surface area (Å²) in [5.74, 6) is -0.982. The molecule has 0 aliphatic carbocycles. The Labute approximate surface area is 248 Å². The molecule has 0 saturated carbocycles. The largest absolute Gasteiger partial charge is 0.481 e. The fraction of sp³-hybridized carbons (Fsp3) is 0.324. The van der Waals surface area contributed by atoms with E-state index in [0.29, 0.717) is 12.0 Å². The molecule has 0 aliphatic heterocycles. The molecule has 0 fully saturated rings. The minimum Gasteiger partial charge on any atom is -0.481 e. The average Bonchev–Trinajstić information content (AvgIpc) is 2.95. The molecule has 0 aliphatic rings. The van der Waals surface area contributed by atoms with Gasteiger partial charge in [-0.05, 0) is 65.3 Å². The van der Waals surface area contributed by atoms with Crippen molar-refractivity contribution in [3.8, 4) is 11.1 Å². The highest BCUT2D eigenvalue weighted by molar-refractivity contribution is 7.88. The monoisotopic (exact) mass is 588 g/mol. The molecule has 4 aromatic rings. The number of aliphatic hydroxyl groups is 1. The number of carboxylic acid groups (broad SMARTS) is 1. The first-order chi connectivity index (χ1) is 19.9. The molecule has 0 radical (unpaired) electrons. The van der Waals surface area contributed by atoms with Gasteiger partial charge in [-0.15, -0.1) is 0 Å². The predicted molar refractivity (Wildman–Crippen MR) is 169 cm³/mol. The Kier molecular flexibility index (Phi) is 10.2. The number of rotatable bonds is 14. The minimum absolute atomic E-state index is 0.00625. The lowest BCUT2D eigenvalue weighted by Gasteiger charge is -2.29. The van der Waals surface area contributed by atoms with Crippen LogP contribution in [0, 0.1) is 0 Å². The normalized spacial score (nSPS) is 13.0. The molecule has 1 unspecified atom stereocenters. The molecule has 42 heavy (non-hydrogen) atoms. The molecular formula is C34H40N2O5S. The van der Waals surface area contributed by atoms with Gasteiger partial charge in [-0.25, -0.2) is 12.7 Å². The topological polar surface area (TPSA) is 107 Å². The zero-order chi connectivity index (χ0) is 30.3. The third-order valence-electron chi connectivity index (χ3n) is 7.44. The zero-order valence-electron chi connectivity index (χ0n) is 24.5. The summed E-state index contributed by atoms with van der Waals surface area (Å²) in [4.78, 5) is 10.8. The van der Waals surface area contributed by atoms with Gasteiger partial charge in [-0.1, -0.05) is 91.0 Å². The van der Waals surface area contributed by atoms with Crippen molar-refractivity contribution in [2.45, 2.75) is 50.5 Å². The third kappa shape index (κ3) is 8.97. The van der Waals surface area contributed by atoms with Crippen molar-refractivity contribution < 1.29 is 23.4 Å². The molecule has 222 valence electrons. The van der Waals surface area contributed by atoms with E-state index in [1.165, 1.54) is 27.7 Å². The number of hydrogen-bond acceptors (Lipinski definition) is 5. The van der Waals surface area contributed by atoms with Gasteiger partial charge in [0, 0.05) is 32.1 Å². The van der Waals surface area contributed by atoms with E-state index in [1.807, 2.05) is 48.5 Å². The second-order valence-electron chi connectivity index (χ2n) is 11.6. The quantitative estimate of drug-likeness (QED) is 0.186. The van der Waals surface area contributed by atoms with Crippen molar-refractivity contribution >= 4 is 26.8 Å². The number of likely N-dealkylation sites (N-methyl/N-ethyl adjacent to an activating group) is 1. The summed E-state index contributed by atoms with van der Waals surface area (Å²) in [6.07, 6.45) is 0.479. The maximum atomic E-state index is 13.0. The Morgan fingerprint density at radius 1 is 0.857 bits per heavy atom. The van der Waals surface area contributed by atoms with E-state index in [2.05, 4.69) is 49.5 Å². The van der Waals surface area contributed by atoms with Crippen LogP contribution in [0.4, 0.5) is 0 Å². The number of hydrogen-bond donors (Lipinski definition) is 3. The van der Waals surface area contributed by atoms with Crippen molar-refractivity contribution in [3.63, 3.8) is 0 Å². The van der Waals surface area contributed by atoms with E-state index >= 15 is 0 Å². The molecule has 0 saturated heterocycles. The molecule has 4 rings (SSSR count). The summed E-state index contributed by atoms with van der Waals surface area (Å²) >= 11 is 0. The number of aliphatic carboxylic acids is 1. The summed E-state index contributed by atoms with van der Waals surface area (Å²) < 4.78 is 27.3. The van der Waals surface area contributed by atoms with Gasteiger partial charge < -0.3 is 15.5 Å². The highest BCUT2D eigenvalue weighted by Gasteiger charge is 2.24. The summed E-state index contributed by atoms with van der Waals surface area (Å²) in [5.41, 5.74) is 4.44. The van der Waals surface area contributed by atoms with Crippen molar-refractivity contribution in [2.75, 3.05) is 20.1 Å². The highest BCUT2D eigenvalue weighted by Crippen LogP contribution is 2.23. The summed E-state index contributed by atoms with van der Waals surface area (Å²) in [6, 6.07) is 29.7. The minimum atomic E-state index is -3.63. The molecule has 8 heteroatoms. The van der Waals surface area contributed by atoms with Crippen molar-refractivity contribution in [1.29, 1.82) is 0 Å². The smallest absolute Gasteiger partial charge is 0.303 e. The second kappa shape index (κ2) is 13.6. The lowest BCUT2D eigenvalue weighted by molar-refractivity contribution is -0.136. The van der Waals surface area contributed by atoms with Crippen LogP contribution in [0.5, 0.6) is 0 Å². The zero-order valence-corrected chi connectivity index (χ0v) is 25.3. The summed E-state index contributed by atoms with van der Waals surface area (Å²) in [5, 5.41) is 25.3. The van der Waals surface area contributed by atoms with Gasteiger partial charge in [0.25, 0.3) is 0 Å². The van der Waals surface area contributed by atoms with Crippen LogP contribution in [0.25, 0.3) is 21.9 Å². The predicted octanol–water partition coefficient (Wildman–Crippen LogP) is 5.26. The molecule has 3 N–H and O–H groups in total. The van der Waals surface area contributed by atoms with Crippen molar-refractivity contribution in [3.05, 3.63) is 108 Å². The molecule has 0 heterocycles. The van der Waals surface area contributed by atoms with Gasteiger partial charge in [-0.3, -0.25) is 4.79 Å². The lowest BCUT2D eigenvalue weighted by Crippen LogP contribution is -2.47. The van der Waals surface area contributed by atoms with Gasteiger partial charge in [0.15, 0.2) is 0 Å². The molecule has 0 aromatic heterocycles. The summed E-state index contributed by atoms with van der Waals surface area (Å²) in [6.45, 7) is 4.41. The van der Waals surface area contributed by atoms with E-state index in [9.17, 15) is 18.3 Å². The second-order valence-corrected chi connectivity index (χ2v) is 13.7. The Bertz CT molecular complexity index is 1600. The van der Waals surface area contributed by atoms with E-state index < -0.39 is 22.1 Å². The van der Waals surface area contributed by atoms with Crippen LogP contribution in [-0.4, -0.2) is 60.7 Å². The van der Waals surface area contributed by atoms with Crippen LogP contribution in [0.1, 0.15) is 37.0 Å². The Hall–Kier alpha value is -3.56. The van der Waals surface area contributed by atoms with Crippen LogP contribution in [0.15, 0.2) is 91.0 Å². The number of aryl methyl sites for hydroxylation is 1. The number of nitrogens with one attached hydrogen (secondary N) is 1. The maximum absolute atomic E-state index is 13.0. The van der Waals surface area contributed by atoms with E-state index in [0.717, 1.165) is 23.1 Å². The number of β-amino-alcohol motifs (C(OH)–C–C–N with tert-alkyl or cyclic N) is 1. The first-order valence-corrected chi connectivity index (χ1v) is 15.8. The maximum Gasteiger partial charge on any atom is 0.303 e. The Morgan fingerprint density at radius 3 is 2.05 bits per heavy atom. The Morgan fingerprint density at radius 2 is 1.43 bits per heavy atom. The number of benzene rings is 4. The number of nitrogens with zero attached hydrogens (tertiary/aromatic N) is 1. The van der Waals surface area contributed by atoms with Gasteiger partial charge in [0.05, 0.1) is 11.9 Å². The van der Waals surface area contributed by atoms with Gasteiger partial charge in [-0.2, -0.15) is 0 Å². The first kappa shape index (κ1) is 31.4. The first-order valence-electron chi connectivity index (χ1n) is 14.1. The van der Waals surface area contributed by atoms with Crippen molar-refractivity contribution in [1.82, 2.24) is 9.62 Å². The SMILES string of the molecule is CN(CC(O)CNC(C)(C)Cc1ccc2ccccc2c1)S(=O)(=O)Cc1ccc(-c2ccc(CCC(=O)O)cc2)cc1. The summed E-state index contributed by atoms with van der Waals surface area (Å²) in [7, 11) is -2.13. The molecule has 0 bridgehead atoms. The molecule has 4 aromatic carbocycles. The fourth-order valence-corrected chi connectivity index (χ4v) is 6.25. The number of aliphatic hydroxyl groups excluding tert-OH is 1. The van der Waals surface area contributed by atoms with Crippen LogP contribution in [0.2, 0.25) is 0 Å².